The maximum absolute atomic E-state index is 12.6. The summed E-state index contributed by atoms with van der Waals surface area (Å²) in [6.07, 6.45) is 3.49. The largest absolute Gasteiger partial charge is 0.472 e. The van der Waals surface area contributed by atoms with Gasteiger partial charge in [-0.3, -0.25) is 9.69 Å². The average Bonchev–Trinajstić information content (AvgIpc) is 3.23. The molecule has 116 valence electrons. The van der Waals surface area contributed by atoms with Crippen LogP contribution in [0.25, 0.3) is 0 Å². The summed E-state index contributed by atoms with van der Waals surface area (Å²) in [4.78, 5) is 21.4. The van der Waals surface area contributed by atoms with Crippen molar-refractivity contribution < 1.29 is 9.21 Å². The summed E-state index contributed by atoms with van der Waals surface area (Å²) < 4.78 is 5.12. The molecule has 6 heteroatoms. The SMILES string of the molecule is Cc1nc(CN2C[C@@H]3CN(Cc4ccoc4)C[C@@H]3C2=O)cs1. The molecule has 0 radical (unpaired) electrons. The van der Waals surface area contributed by atoms with Crippen LogP contribution in [0.15, 0.2) is 28.4 Å². The predicted octanol–water partition coefficient (Wildman–Crippen LogP) is 2.13. The number of aromatic nitrogens is 1. The number of fused-ring (bicyclic) bond motifs is 1. The van der Waals surface area contributed by atoms with Crippen LogP contribution in [0.2, 0.25) is 0 Å². The van der Waals surface area contributed by atoms with E-state index in [9.17, 15) is 4.79 Å². The molecule has 0 spiro atoms. The average molecular weight is 317 g/mol. The van der Waals surface area contributed by atoms with Gasteiger partial charge >= 0.3 is 0 Å². The first kappa shape index (κ1) is 14.0. The molecule has 2 saturated heterocycles. The zero-order chi connectivity index (χ0) is 15.1. The lowest BCUT2D eigenvalue weighted by molar-refractivity contribution is -0.131. The number of amides is 1. The van der Waals surface area contributed by atoms with Gasteiger partial charge in [0.15, 0.2) is 0 Å². The molecule has 22 heavy (non-hydrogen) atoms. The Labute approximate surface area is 133 Å². The lowest BCUT2D eigenvalue weighted by Gasteiger charge is -2.20. The van der Waals surface area contributed by atoms with Crippen molar-refractivity contribution in [2.45, 2.75) is 20.0 Å². The third-order valence-corrected chi connectivity index (χ3v) is 5.43. The molecule has 2 aliphatic rings. The highest BCUT2D eigenvalue weighted by Gasteiger charge is 2.45. The molecule has 0 N–H and O–H groups in total. The van der Waals surface area contributed by atoms with Crippen LogP contribution in [0.1, 0.15) is 16.3 Å². The molecule has 0 aliphatic carbocycles. The molecule has 2 fully saturated rings. The van der Waals surface area contributed by atoms with Gasteiger partial charge in [-0.1, -0.05) is 0 Å². The van der Waals surface area contributed by atoms with Crippen molar-refractivity contribution in [2.75, 3.05) is 19.6 Å². The highest BCUT2D eigenvalue weighted by molar-refractivity contribution is 7.09. The van der Waals surface area contributed by atoms with Gasteiger partial charge in [0.2, 0.25) is 5.91 Å². The van der Waals surface area contributed by atoms with Crippen LogP contribution in [0.4, 0.5) is 0 Å². The molecule has 0 unspecified atom stereocenters. The molecule has 2 atom stereocenters. The van der Waals surface area contributed by atoms with Crippen LogP contribution in [0.3, 0.4) is 0 Å². The Morgan fingerprint density at radius 1 is 1.36 bits per heavy atom. The molecule has 2 aliphatic heterocycles. The van der Waals surface area contributed by atoms with E-state index in [1.54, 1.807) is 23.9 Å². The van der Waals surface area contributed by atoms with Crippen molar-refractivity contribution in [2.24, 2.45) is 11.8 Å². The van der Waals surface area contributed by atoms with E-state index in [2.05, 4.69) is 15.3 Å². The zero-order valence-corrected chi connectivity index (χ0v) is 13.4. The Balaban J connectivity index is 1.38. The molecule has 1 amide bonds. The Morgan fingerprint density at radius 3 is 2.95 bits per heavy atom. The fourth-order valence-corrected chi connectivity index (χ4v) is 4.23. The zero-order valence-electron chi connectivity index (χ0n) is 12.6. The van der Waals surface area contributed by atoms with Gasteiger partial charge < -0.3 is 9.32 Å². The summed E-state index contributed by atoms with van der Waals surface area (Å²) >= 11 is 1.65. The molecule has 4 rings (SSSR count). The number of thiazole rings is 1. The maximum Gasteiger partial charge on any atom is 0.227 e. The summed E-state index contributed by atoms with van der Waals surface area (Å²) in [6, 6.07) is 1.99. The van der Waals surface area contributed by atoms with Gasteiger partial charge in [0.05, 0.1) is 35.7 Å². The first-order valence-electron chi connectivity index (χ1n) is 7.62. The van der Waals surface area contributed by atoms with Crippen molar-refractivity contribution in [3.8, 4) is 0 Å². The van der Waals surface area contributed by atoms with E-state index in [4.69, 9.17) is 4.42 Å². The van der Waals surface area contributed by atoms with E-state index in [-0.39, 0.29) is 5.92 Å². The second-order valence-electron chi connectivity index (χ2n) is 6.27. The molecule has 5 nitrogen and oxygen atoms in total. The smallest absolute Gasteiger partial charge is 0.227 e. The Hall–Kier alpha value is -1.66. The van der Waals surface area contributed by atoms with Crippen molar-refractivity contribution in [3.05, 3.63) is 40.2 Å². The van der Waals surface area contributed by atoms with E-state index in [0.29, 0.717) is 18.4 Å². The number of carbonyl (C=O) groups excluding carboxylic acids is 1. The Morgan fingerprint density at radius 2 is 2.27 bits per heavy atom. The molecular weight excluding hydrogens is 298 g/mol. The van der Waals surface area contributed by atoms with Gasteiger partial charge in [0.1, 0.15) is 0 Å². The van der Waals surface area contributed by atoms with Gasteiger partial charge in [-0.2, -0.15) is 0 Å². The van der Waals surface area contributed by atoms with Crippen LogP contribution in [-0.4, -0.2) is 40.3 Å². The third-order valence-electron chi connectivity index (χ3n) is 4.61. The molecule has 4 heterocycles. The number of aryl methyl sites for hydroxylation is 1. The number of rotatable bonds is 4. The number of nitrogens with zero attached hydrogens (tertiary/aromatic N) is 3. The summed E-state index contributed by atoms with van der Waals surface area (Å²) in [6.45, 7) is 6.26. The van der Waals surface area contributed by atoms with Crippen molar-refractivity contribution >= 4 is 17.2 Å². The van der Waals surface area contributed by atoms with Crippen LogP contribution in [-0.2, 0) is 17.9 Å². The molecule has 0 saturated carbocycles. The summed E-state index contributed by atoms with van der Waals surface area (Å²) in [5.41, 5.74) is 2.20. The minimum Gasteiger partial charge on any atom is -0.472 e. The van der Waals surface area contributed by atoms with E-state index in [1.165, 1.54) is 5.56 Å². The van der Waals surface area contributed by atoms with E-state index in [1.807, 2.05) is 17.9 Å². The number of hydrogen-bond acceptors (Lipinski definition) is 5. The van der Waals surface area contributed by atoms with Crippen LogP contribution >= 0.6 is 11.3 Å². The fraction of sp³-hybridized carbons (Fsp3) is 0.500. The molecule has 2 aromatic heterocycles. The number of likely N-dealkylation sites (tertiary alicyclic amines) is 2. The summed E-state index contributed by atoms with van der Waals surface area (Å²) in [7, 11) is 0. The fourth-order valence-electron chi connectivity index (χ4n) is 3.62. The van der Waals surface area contributed by atoms with E-state index >= 15 is 0 Å². The molecule has 0 aromatic carbocycles. The molecule has 0 bridgehead atoms. The highest BCUT2D eigenvalue weighted by Crippen LogP contribution is 2.33. The third kappa shape index (κ3) is 2.57. The molecule has 2 aromatic rings. The predicted molar refractivity (Wildman–Crippen MR) is 83.2 cm³/mol. The molecular formula is C16H19N3O2S. The quantitative estimate of drug-likeness (QED) is 0.867. The Bertz CT molecular complexity index is 667. The maximum atomic E-state index is 12.6. The highest BCUT2D eigenvalue weighted by atomic mass is 32.1. The first-order valence-corrected chi connectivity index (χ1v) is 8.50. The van der Waals surface area contributed by atoms with Crippen LogP contribution in [0.5, 0.6) is 0 Å². The monoisotopic (exact) mass is 317 g/mol. The Kier molecular flexibility index (Phi) is 3.50. The van der Waals surface area contributed by atoms with Gasteiger partial charge in [-0.05, 0) is 13.0 Å². The van der Waals surface area contributed by atoms with Crippen LogP contribution < -0.4 is 0 Å². The normalized spacial score (nSPS) is 25.1. The van der Waals surface area contributed by atoms with E-state index < -0.39 is 0 Å². The topological polar surface area (TPSA) is 49.6 Å². The minimum atomic E-state index is 0.159. The first-order chi connectivity index (χ1) is 10.7. The number of hydrogen-bond donors (Lipinski definition) is 0. The van der Waals surface area contributed by atoms with Crippen molar-refractivity contribution in [3.63, 3.8) is 0 Å². The number of furan rings is 1. The van der Waals surface area contributed by atoms with Gasteiger partial charge in [-0.15, -0.1) is 11.3 Å². The van der Waals surface area contributed by atoms with Gasteiger partial charge in [0, 0.05) is 43.0 Å². The second-order valence-corrected chi connectivity index (χ2v) is 7.33. The van der Waals surface area contributed by atoms with E-state index in [0.717, 1.165) is 36.9 Å². The van der Waals surface area contributed by atoms with Crippen molar-refractivity contribution in [1.29, 1.82) is 0 Å². The van der Waals surface area contributed by atoms with Crippen molar-refractivity contribution in [1.82, 2.24) is 14.8 Å². The standard InChI is InChI=1S/C16H19N3O2S/c1-11-17-14(10-22-11)7-19-6-13-5-18(8-15(13)16(19)20)4-12-2-3-21-9-12/h2-3,9-10,13,15H,4-8H2,1H3/t13-,15-/m0/s1. The lowest BCUT2D eigenvalue weighted by Crippen LogP contribution is -2.32. The summed E-state index contributed by atoms with van der Waals surface area (Å²) in [5, 5.41) is 3.12. The minimum absolute atomic E-state index is 0.159. The second kappa shape index (κ2) is 5.52. The summed E-state index contributed by atoms with van der Waals surface area (Å²) in [5.74, 6) is 0.913. The lowest BCUT2D eigenvalue weighted by atomic mass is 10.0. The van der Waals surface area contributed by atoms with Crippen LogP contribution in [0, 0.1) is 18.8 Å². The van der Waals surface area contributed by atoms with Gasteiger partial charge in [-0.25, -0.2) is 4.98 Å². The number of carbonyl (C=O) groups is 1. The van der Waals surface area contributed by atoms with Gasteiger partial charge in [0.25, 0.3) is 0 Å².